The molecule has 0 bridgehead atoms. The number of aliphatic carboxylic acids is 1. The molecule has 2 aliphatic heterocycles. The summed E-state index contributed by atoms with van der Waals surface area (Å²) in [5.41, 5.74) is 0.533. The van der Waals surface area contributed by atoms with Crippen LogP contribution in [0.15, 0.2) is 24.5 Å². The highest BCUT2D eigenvalue weighted by Gasteiger charge is 2.47. The molecule has 0 aromatic carbocycles. The lowest BCUT2D eigenvalue weighted by molar-refractivity contribution is -0.192. The van der Waals surface area contributed by atoms with E-state index in [1.165, 1.54) is 7.11 Å². The lowest BCUT2D eigenvalue weighted by atomic mass is 9.84. The third-order valence-corrected chi connectivity index (χ3v) is 6.55. The number of ether oxygens (including phenoxy) is 1. The van der Waals surface area contributed by atoms with E-state index in [1.807, 2.05) is 17.0 Å². The number of piperidine rings is 1. The molecule has 1 spiro atoms. The summed E-state index contributed by atoms with van der Waals surface area (Å²) in [4.78, 5) is 41.6. The molecule has 1 saturated carbocycles. The lowest BCUT2D eigenvalue weighted by Gasteiger charge is -2.48. The maximum atomic E-state index is 12.5. The van der Waals surface area contributed by atoms with Gasteiger partial charge in [0, 0.05) is 43.5 Å². The zero-order chi connectivity index (χ0) is 26.1. The van der Waals surface area contributed by atoms with Crippen LogP contribution in [0.25, 0.3) is 11.4 Å². The second kappa shape index (κ2) is 9.74. The average Bonchev–Trinajstić information content (AvgIpc) is 3.62. The minimum Gasteiger partial charge on any atom is -0.475 e. The summed E-state index contributed by atoms with van der Waals surface area (Å²) < 4.78 is 38.9. The quantitative estimate of drug-likeness (QED) is 0.651. The number of rotatable bonds is 2. The number of fused-ring (bicyclic) bond motifs is 2. The van der Waals surface area contributed by atoms with E-state index in [2.05, 4.69) is 19.7 Å². The Bertz CT molecular complexity index is 1130. The zero-order valence-corrected chi connectivity index (χ0v) is 19.4. The fourth-order valence-corrected chi connectivity index (χ4v) is 4.62. The summed E-state index contributed by atoms with van der Waals surface area (Å²) in [6.45, 7) is 2.22. The first-order valence-corrected chi connectivity index (χ1v) is 11.3. The van der Waals surface area contributed by atoms with E-state index in [0.29, 0.717) is 26.2 Å². The molecule has 1 saturated heterocycles. The second-order valence-corrected chi connectivity index (χ2v) is 8.97. The monoisotopic (exact) mass is 510 g/mol. The molecule has 2 aromatic heterocycles. The molecule has 1 N–H and O–H groups in total. The number of nitrogens with zero attached hydrogens (tertiary/aromatic N) is 6. The van der Waals surface area contributed by atoms with Crippen molar-refractivity contribution in [1.29, 1.82) is 0 Å². The van der Waals surface area contributed by atoms with Gasteiger partial charge in [-0.2, -0.15) is 13.2 Å². The van der Waals surface area contributed by atoms with Crippen molar-refractivity contribution in [3.8, 4) is 11.4 Å². The second-order valence-electron chi connectivity index (χ2n) is 8.97. The molecule has 5 rings (SSSR count). The number of likely N-dealkylation sites (tertiary alicyclic amines) is 1. The van der Waals surface area contributed by atoms with Gasteiger partial charge in [-0.25, -0.2) is 9.59 Å². The molecule has 11 nitrogen and oxygen atoms in total. The third kappa shape index (κ3) is 5.11. The van der Waals surface area contributed by atoms with Gasteiger partial charge >= 0.3 is 18.2 Å². The van der Waals surface area contributed by atoms with Crippen molar-refractivity contribution in [2.45, 2.75) is 43.9 Å². The lowest BCUT2D eigenvalue weighted by Crippen LogP contribution is -2.57. The summed E-state index contributed by atoms with van der Waals surface area (Å²) in [5, 5.41) is 16.0. The predicted octanol–water partition coefficient (Wildman–Crippen LogP) is 2.28. The Hall–Kier alpha value is -3.71. The first kappa shape index (κ1) is 25.4. The van der Waals surface area contributed by atoms with Gasteiger partial charge in [-0.3, -0.25) is 14.7 Å². The maximum absolute atomic E-state index is 12.5. The van der Waals surface area contributed by atoms with Gasteiger partial charge in [0.1, 0.15) is 0 Å². The third-order valence-electron chi connectivity index (χ3n) is 6.55. The number of carboxylic acid groups (broad SMARTS) is 1. The summed E-state index contributed by atoms with van der Waals surface area (Å²) in [7, 11) is 1.40. The molecule has 0 radical (unpaired) electrons. The van der Waals surface area contributed by atoms with E-state index in [1.54, 1.807) is 17.3 Å². The first-order valence-electron chi connectivity index (χ1n) is 11.3. The number of hydrogen-bond acceptors (Lipinski definition) is 7. The van der Waals surface area contributed by atoms with E-state index in [0.717, 1.165) is 42.9 Å². The molecule has 2 amide bonds. The molecule has 2 fully saturated rings. The fraction of sp³-hybridized carbons (Fsp3) is 0.545. The van der Waals surface area contributed by atoms with Crippen LogP contribution in [0.1, 0.15) is 31.5 Å². The van der Waals surface area contributed by atoms with Crippen LogP contribution in [-0.2, 0) is 26.4 Å². The summed E-state index contributed by atoms with van der Waals surface area (Å²) in [6.07, 6.45) is 1.58. The van der Waals surface area contributed by atoms with Crippen LogP contribution >= 0.6 is 0 Å². The van der Waals surface area contributed by atoms with E-state index < -0.39 is 12.1 Å². The van der Waals surface area contributed by atoms with E-state index in [9.17, 15) is 22.8 Å². The van der Waals surface area contributed by atoms with Gasteiger partial charge in [0.25, 0.3) is 0 Å². The molecule has 0 atom stereocenters. The van der Waals surface area contributed by atoms with Crippen molar-refractivity contribution in [2.75, 3.05) is 26.7 Å². The fourth-order valence-electron chi connectivity index (χ4n) is 4.62. The van der Waals surface area contributed by atoms with Crippen LogP contribution in [0.4, 0.5) is 18.0 Å². The Morgan fingerprint density at radius 2 is 1.81 bits per heavy atom. The van der Waals surface area contributed by atoms with Gasteiger partial charge in [-0.15, -0.1) is 10.2 Å². The first-order chi connectivity index (χ1) is 17.1. The SMILES string of the molecule is COC(=O)N1Cc2nnc(-c3cccnc3)n2C2(CCN(C(=O)C3CC3)CC2)C1.O=C(O)C(F)(F)F. The molecule has 14 heteroatoms. The van der Waals surface area contributed by atoms with E-state index >= 15 is 0 Å². The van der Waals surface area contributed by atoms with Gasteiger partial charge in [0.05, 0.1) is 19.2 Å². The number of pyridine rings is 1. The maximum Gasteiger partial charge on any atom is 0.490 e. The highest BCUT2D eigenvalue weighted by Crippen LogP contribution is 2.40. The molecule has 36 heavy (non-hydrogen) atoms. The number of methoxy groups -OCH3 is 1. The van der Waals surface area contributed by atoms with Crippen LogP contribution in [-0.4, -0.2) is 85.5 Å². The Labute approximate surface area is 203 Å². The predicted molar refractivity (Wildman–Crippen MR) is 116 cm³/mol. The number of hydrogen-bond donors (Lipinski definition) is 1. The standard InChI is InChI=1S/C20H24N6O3.C2HF3O2/c1-29-19(28)25-12-16-22-23-17(15-3-2-8-21-11-15)26(16)20(13-25)6-9-24(10-7-20)18(27)14-4-5-14;3-2(4,5)1(6)7/h2-3,8,11,14H,4-7,9-10,12-13H2,1H3;(H,6,7). The Balaban J connectivity index is 0.000000384. The number of amides is 2. The molecular weight excluding hydrogens is 485 g/mol. The number of halogens is 3. The smallest absolute Gasteiger partial charge is 0.475 e. The van der Waals surface area contributed by atoms with Crippen LogP contribution in [0, 0.1) is 5.92 Å². The molecular formula is C22H25F3N6O5. The van der Waals surface area contributed by atoms with Crippen LogP contribution < -0.4 is 0 Å². The number of alkyl halides is 3. The van der Waals surface area contributed by atoms with Gasteiger partial charge in [-0.05, 0) is 37.8 Å². The molecule has 4 heterocycles. The summed E-state index contributed by atoms with van der Waals surface area (Å²) in [6, 6.07) is 3.85. The Kier molecular flexibility index (Phi) is 6.87. The van der Waals surface area contributed by atoms with Crippen molar-refractivity contribution in [1.82, 2.24) is 29.5 Å². The van der Waals surface area contributed by atoms with Gasteiger partial charge in [0.15, 0.2) is 11.6 Å². The normalized spacial score (nSPS) is 18.7. The van der Waals surface area contributed by atoms with Crippen molar-refractivity contribution in [3.05, 3.63) is 30.4 Å². The largest absolute Gasteiger partial charge is 0.490 e. The number of carbonyl (C=O) groups is 3. The molecule has 2 aromatic rings. The molecule has 3 aliphatic rings. The number of carbonyl (C=O) groups excluding carboxylic acids is 2. The van der Waals surface area contributed by atoms with Crippen LogP contribution in [0.3, 0.4) is 0 Å². The van der Waals surface area contributed by atoms with Gasteiger partial charge < -0.3 is 19.3 Å². The zero-order valence-electron chi connectivity index (χ0n) is 19.4. The van der Waals surface area contributed by atoms with Crippen molar-refractivity contribution in [3.63, 3.8) is 0 Å². The van der Waals surface area contributed by atoms with E-state index in [4.69, 9.17) is 14.6 Å². The summed E-state index contributed by atoms with van der Waals surface area (Å²) in [5.74, 6) is -0.759. The average molecular weight is 510 g/mol. The van der Waals surface area contributed by atoms with Crippen molar-refractivity contribution >= 4 is 18.0 Å². The van der Waals surface area contributed by atoms with Crippen LogP contribution in [0.5, 0.6) is 0 Å². The van der Waals surface area contributed by atoms with Crippen LogP contribution in [0.2, 0.25) is 0 Å². The van der Waals surface area contributed by atoms with Gasteiger partial charge in [0.2, 0.25) is 5.91 Å². The highest BCUT2D eigenvalue weighted by atomic mass is 19.4. The van der Waals surface area contributed by atoms with E-state index in [-0.39, 0.29) is 23.5 Å². The highest BCUT2D eigenvalue weighted by molar-refractivity contribution is 5.81. The van der Waals surface area contributed by atoms with Crippen molar-refractivity contribution < 1.29 is 37.4 Å². The minimum absolute atomic E-state index is 0.221. The summed E-state index contributed by atoms with van der Waals surface area (Å²) >= 11 is 0. The number of aromatic nitrogens is 4. The van der Waals surface area contributed by atoms with Crippen molar-refractivity contribution in [2.24, 2.45) is 5.92 Å². The molecule has 0 unspecified atom stereocenters. The Morgan fingerprint density at radius 1 is 1.14 bits per heavy atom. The topological polar surface area (TPSA) is 131 Å². The molecule has 1 aliphatic carbocycles. The minimum atomic E-state index is -5.08. The Morgan fingerprint density at radius 3 is 2.33 bits per heavy atom. The number of carboxylic acids is 1. The van der Waals surface area contributed by atoms with Gasteiger partial charge in [-0.1, -0.05) is 0 Å². The molecule has 194 valence electrons.